The van der Waals surface area contributed by atoms with Gasteiger partial charge in [-0.2, -0.15) is 0 Å². The van der Waals surface area contributed by atoms with Gasteiger partial charge < -0.3 is 14.8 Å². The molecule has 0 amide bonds. The van der Waals surface area contributed by atoms with E-state index < -0.39 is 0 Å². The van der Waals surface area contributed by atoms with Gasteiger partial charge in [-0.05, 0) is 32.2 Å². The molecule has 1 aliphatic heterocycles. The lowest BCUT2D eigenvalue weighted by molar-refractivity contribution is -0.0602. The maximum Gasteiger partial charge on any atom is 0.0730 e. The molecule has 18 heavy (non-hydrogen) atoms. The molecule has 0 radical (unpaired) electrons. The van der Waals surface area contributed by atoms with E-state index in [2.05, 4.69) is 17.1 Å². The van der Waals surface area contributed by atoms with Gasteiger partial charge in [0.05, 0.1) is 19.3 Å². The zero-order valence-electron chi connectivity index (χ0n) is 11.9. The maximum atomic E-state index is 5.86. The van der Waals surface area contributed by atoms with Crippen LogP contribution in [-0.2, 0) is 9.47 Å². The summed E-state index contributed by atoms with van der Waals surface area (Å²) >= 11 is 0. The van der Waals surface area contributed by atoms with Crippen molar-refractivity contribution in [3.8, 4) is 0 Å². The van der Waals surface area contributed by atoms with Crippen LogP contribution in [0.4, 0.5) is 0 Å². The fourth-order valence-electron chi connectivity index (χ4n) is 3.24. The van der Waals surface area contributed by atoms with Crippen molar-refractivity contribution in [3.05, 3.63) is 0 Å². The number of nitrogens with zero attached hydrogens (tertiary/aromatic N) is 1. The Morgan fingerprint density at radius 2 is 2.33 bits per heavy atom. The van der Waals surface area contributed by atoms with Crippen LogP contribution in [0.1, 0.15) is 32.6 Å². The molecule has 0 aromatic heterocycles. The third kappa shape index (κ3) is 3.67. The molecule has 2 rings (SSSR count). The van der Waals surface area contributed by atoms with Crippen LogP contribution in [0, 0.1) is 0 Å². The highest BCUT2D eigenvalue weighted by Gasteiger charge is 2.36. The van der Waals surface area contributed by atoms with Gasteiger partial charge >= 0.3 is 0 Å². The normalized spacial score (nSPS) is 30.3. The van der Waals surface area contributed by atoms with Gasteiger partial charge in [0.25, 0.3) is 0 Å². The topological polar surface area (TPSA) is 33.7 Å². The van der Waals surface area contributed by atoms with Gasteiger partial charge in [0.1, 0.15) is 0 Å². The molecule has 2 fully saturated rings. The largest absolute Gasteiger partial charge is 0.383 e. The first-order chi connectivity index (χ1) is 8.85. The van der Waals surface area contributed by atoms with Crippen molar-refractivity contribution in [2.45, 2.75) is 50.8 Å². The summed E-state index contributed by atoms with van der Waals surface area (Å²) in [6.45, 7) is 7.15. The van der Waals surface area contributed by atoms with Crippen LogP contribution in [0.25, 0.3) is 0 Å². The first-order valence-corrected chi connectivity index (χ1v) is 7.43. The van der Waals surface area contributed by atoms with E-state index in [0.29, 0.717) is 18.2 Å². The molecule has 1 N–H and O–H groups in total. The lowest BCUT2D eigenvalue weighted by Gasteiger charge is -2.39. The molecule has 0 bridgehead atoms. The van der Waals surface area contributed by atoms with Gasteiger partial charge in [-0.3, -0.25) is 4.90 Å². The predicted octanol–water partition coefficient (Wildman–Crippen LogP) is 1.25. The van der Waals surface area contributed by atoms with E-state index in [1.54, 1.807) is 7.11 Å². The third-order valence-electron chi connectivity index (χ3n) is 4.10. The predicted molar refractivity (Wildman–Crippen MR) is 72.9 cm³/mol. The van der Waals surface area contributed by atoms with Gasteiger partial charge in [-0.25, -0.2) is 0 Å². The molecular formula is C14H28N2O2. The van der Waals surface area contributed by atoms with E-state index in [0.717, 1.165) is 32.8 Å². The maximum absolute atomic E-state index is 5.86. The minimum absolute atomic E-state index is 0.453. The van der Waals surface area contributed by atoms with Gasteiger partial charge in [-0.1, -0.05) is 6.92 Å². The Morgan fingerprint density at radius 3 is 3.11 bits per heavy atom. The second-order valence-corrected chi connectivity index (χ2v) is 5.51. The molecule has 1 heterocycles. The molecule has 3 unspecified atom stereocenters. The average molecular weight is 256 g/mol. The molecule has 0 spiro atoms. The van der Waals surface area contributed by atoms with E-state index in [1.165, 1.54) is 25.7 Å². The fourth-order valence-corrected chi connectivity index (χ4v) is 3.24. The van der Waals surface area contributed by atoms with Crippen LogP contribution in [-0.4, -0.2) is 63.0 Å². The number of methoxy groups -OCH3 is 1. The Hall–Kier alpha value is -0.160. The quantitative estimate of drug-likeness (QED) is 0.743. The fraction of sp³-hybridized carbons (Fsp3) is 1.00. The molecule has 1 saturated heterocycles. The molecule has 4 heteroatoms. The molecule has 0 aromatic carbocycles. The highest BCUT2D eigenvalue weighted by Crippen LogP contribution is 2.29. The molecule has 1 aliphatic carbocycles. The van der Waals surface area contributed by atoms with E-state index in [-0.39, 0.29) is 0 Å². The Morgan fingerprint density at radius 1 is 1.44 bits per heavy atom. The summed E-state index contributed by atoms with van der Waals surface area (Å²) in [7, 11) is 1.79. The van der Waals surface area contributed by atoms with E-state index in [4.69, 9.17) is 9.47 Å². The van der Waals surface area contributed by atoms with Crippen LogP contribution < -0.4 is 5.32 Å². The summed E-state index contributed by atoms with van der Waals surface area (Å²) in [5.74, 6) is 0. The molecule has 2 aliphatic rings. The number of fused-ring (bicyclic) bond motifs is 1. The second-order valence-electron chi connectivity index (χ2n) is 5.51. The van der Waals surface area contributed by atoms with Crippen molar-refractivity contribution in [3.63, 3.8) is 0 Å². The number of hydrogen-bond acceptors (Lipinski definition) is 4. The van der Waals surface area contributed by atoms with Crippen molar-refractivity contribution in [2.75, 3.05) is 40.0 Å². The van der Waals surface area contributed by atoms with Crippen LogP contribution in [0.5, 0.6) is 0 Å². The number of morpholine rings is 1. The number of nitrogens with one attached hydrogen (secondary N) is 1. The highest BCUT2D eigenvalue weighted by molar-refractivity contribution is 4.90. The molecule has 106 valence electrons. The lowest BCUT2D eigenvalue weighted by atomic mass is 10.1. The van der Waals surface area contributed by atoms with Gasteiger partial charge in [-0.15, -0.1) is 0 Å². The van der Waals surface area contributed by atoms with E-state index in [9.17, 15) is 0 Å². The summed E-state index contributed by atoms with van der Waals surface area (Å²) in [5, 5.41) is 3.59. The van der Waals surface area contributed by atoms with E-state index in [1.807, 2.05) is 0 Å². The van der Waals surface area contributed by atoms with Crippen molar-refractivity contribution in [1.82, 2.24) is 10.2 Å². The highest BCUT2D eigenvalue weighted by atomic mass is 16.5. The van der Waals surface area contributed by atoms with Crippen molar-refractivity contribution >= 4 is 0 Å². The van der Waals surface area contributed by atoms with Crippen LogP contribution in [0.15, 0.2) is 0 Å². The standard InChI is InChI=1S/C14H28N2O2/c1-3-7-15-12(11-17-2)10-16-8-9-18-14-6-4-5-13(14)16/h12-15H,3-11H2,1-2H3. The third-order valence-corrected chi connectivity index (χ3v) is 4.10. The SMILES string of the molecule is CCCNC(COC)CN1CCOC2CCCC21. The van der Waals surface area contributed by atoms with Gasteiger partial charge in [0.2, 0.25) is 0 Å². The molecule has 0 aromatic rings. The lowest BCUT2D eigenvalue weighted by Crippen LogP contribution is -2.54. The smallest absolute Gasteiger partial charge is 0.0730 e. The zero-order chi connectivity index (χ0) is 12.8. The second kappa shape index (κ2) is 7.43. The van der Waals surface area contributed by atoms with Gasteiger partial charge in [0.15, 0.2) is 0 Å². The zero-order valence-corrected chi connectivity index (χ0v) is 11.9. The first-order valence-electron chi connectivity index (χ1n) is 7.43. The summed E-state index contributed by atoms with van der Waals surface area (Å²) in [5.41, 5.74) is 0. The van der Waals surface area contributed by atoms with Crippen LogP contribution in [0.3, 0.4) is 0 Å². The summed E-state index contributed by atoms with van der Waals surface area (Å²) in [4.78, 5) is 2.62. The minimum Gasteiger partial charge on any atom is -0.383 e. The summed E-state index contributed by atoms with van der Waals surface area (Å²) in [6.07, 6.45) is 5.54. The molecule has 4 nitrogen and oxygen atoms in total. The first kappa shape index (κ1) is 14.3. The average Bonchev–Trinajstić information content (AvgIpc) is 2.85. The summed E-state index contributed by atoms with van der Waals surface area (Å²) in [6, 6.07) is 1.11. The summed E-state index contributed by atoms with van der Waals surface area (Å²) < 4.78 is 11.2. The van der Waals surface area contributed by atoms with Crippen LogP contribution >= 0.6 is 0 Å². The Labute approximate surface area is 111 Å². The van der Waals surface area contributed by atoms with Crippen molar-refractivity contribution in [2.24, 2.45) is 0 Å². The van der Waals surface area contributed by atoms with E-state index >= 15 is 0 Å². The molecular weight excluding hydrogens is 228 g/mol. The van der Waals surface area contributed by atoms with Crippen molar-refractivity contribution < 1.29 is 9.47 Å². The number of hydrogen-bond donors (Lipinski definition) is 1. The van der Waals surface area contributed by atoms with Crippen molar-refractivity contribution in [1.29, 1.82) is 0 Å². The number of ether oxygens (including phenoxy) is 2. The number of rotatable bonds is 7. The monoisotopic (exact) mass is 256 g/mol. The van der Waals surface area contributed by atoms with Crippen LogP contribution in [0.2, 0.25) is 0 Å². The molecule has 1 saturated carbocycles. The van der Waals surface area contributed by atoms with Gasteiger partial charge in [0, 0.05) is 32.3 Å². The Balaban J connectivity index is 1.84. The Bertz CT molecular complexity index is 238. The minimum atomic E-state index is 0.453. The molecule has 3 atom stereocenters. The Kier molecular flexibility index (Phi) is 5.89.